The van der Waals surface area contributed by atoms with Gasteiger partial charge in [0.25, 0.3) is 0 Å². The number of nitrogens with zero attached hydrogens (tertiary/aromatic N) is 2. The molecule has 0 aliphatic carbocycles. The lowest BCUT2D eigenvalue weighted by Crippen LogP contribution is -2.56. The fourth-order valence-electron chi connectivity index (χ4n) is 2.99. The Morgan fingerprint density at radius 2 is 1.90 bits per heavy atom. The number of anilines is 1. The Morgan fingerprint density at radius 1 is 1.29 bits per heavy atom. The highest BCUT2D eigenvalue weighted by Crippen LogP contribution is 2.27. The van der Waals surface area contributed by atoms with E-state index in [1.807, 2.05) is 43.0 Å². The van der Waals surface area contributed by atoms with E-state index in [1.54, 1.807) is 0 Å². The Balaban J connectivity index is 2.16. The van der Waals surface area contributed by atoms with Crippen molar-refractivity contribution < 1.29 is 4.79 Å². The fraction of sp³-hybridized carbons (Fsp3) is 0.588. The largest absolute Gasteiger partial charge is 0.399 e. The molecule has 1 aromatic carbocycles. The minimum Gasteiger partial charge on any atom is -0.399 e. The van der Waals surface area contributed by atoms with Crippen molar-refractivity contribution >= 4 is 11.6 Å². The van der Waals surface area contributed by atoms with E-state index >= 15 is 0 Å². The second-order valence-electron chi connectivity index (χ2n) is 6.54. The van der Waals surface area contributed by atoms with Crippen LogP contribution >= 0.6 is 0 Å². The number of benzene rings is 1. The Labute approximate surface area is 127 Å². The van der Waals surface area contributed by atoms with Crippen LogP contribution in [0.1, 0.15) is 32.8 Å². The van der Waals surface area contributed by atoms with E-state index in [1.165, 1.54) is 0 Å². The number of carbonyl (C=O) groups excluding carboxylic acids is 1. The second-order valence-corrected chi connectivity index (χ2v) is 6.54. The SMILES string of the molecule is CCC1CN(C(=O)C(C)(C)c2ccc(N)cc2)CCN1C. The maximum Gasteiger partial charge on any atom is 0.232 e. The van der Waals surface area contributed by atoms with Gasteiger partial charge in [-0.2, -0.15) is 0 Å². The van der Waals surface area contributed by atoms with Crippen LogP contribution in [0.3, 0.4) is 0 Å². The molecule has 0 spiro atoms. The third-order valence-corrected chi connectivity index (χ3v) is 4.70. The quantitative estimate of drug-likeness (QED) is 0.867. The van der Waals surface area contributed by atoms with Gasteiger partial charge in [-0.05, 0) is 45.0 Å². The van der Waals surface area contributed by atoms with Gasteiger partial charge in [-0.25, -0.2) is 0 Å². The van der Waals surface area contributed by atoms with Gasteiger partial charge >= 0.3 is 0 Å². The molecule has 0 saturated carbocycles. The molecule has 0 radical (unpaired) electrons. The van der Waals surface area contributed by atoms with E-state index in [0.717, 1.165) is 37.3 Å². The lowest BCUT2D eigenvalue weighted by Gasteiger charge is -2.42. The van der Waals surface area contributed by atoms with Crippen LogP contribution in [0.25, 0.3) is 0 Å². The topological polar surface area (TPSA) is 49.6 Å². The van der Waals surface area contributed by atoms with Crippen LogP contribution < -0.4 is 5.73 Å². The van der Waals surface area contributed by atoms with Gasteiger partial charge in [-0.1, -0.05) is 19.1 Å². The molecule has 4 heteroatoms. The van der Waals surface area contributed by atoms with Crippen molar-refractivity contribution in [3.63, 3.8) is 0 Å². The van der Waals surface area contributed by atoms with Crippen LogP contribution in [-0.2, 0) is 10.2 Å². The van der Waals surface area contributed by atoms with Crippen LogP contribution in [0, 0.1) is 0 Å². The summed E-state index contributed by atoms with van der Waals surface area (Å²) in [5, 5.41) is 0. The van der Waals surface area contributed by atoms with Crippen molar-refractivity contribution in [2.45, 2.75) is 38.6 Å². The highest BCUT2D eigenvalue weighted by atomic mass is 16.2. The van der Waals surface area contributed by atoms with Gasteiger partial charge in [-0.3, -0.25) is 9.69 Å². The third kappa shape index (κ3) is 3.21. The van der Waals surface area contributed by atoms with Gasteiger partial charge in [0, 0.05) is 31.4 Å². The number of nitrogen functional groups attached to an aromatic ring is 1. The number of rotatable bonds is 3. The van der Waals surface area contributed by atoms with Crippen molar-refractivity contribution in [3.8, 4) is 0 Å². The fourth-order valence-corrected chi connectivity index (χ4v) is 2.99. The summed E-state index contributed by atoms with van der Waals surface area (Å²) in [4.78, 5) is 17.3. The van der Waals surface area contributed by atoms with Gasteiger partial charge in [-0.15, -0.1) is 0 Å². The van der Waals surface area contributed by atoms with E-state index in [9.17, 15) is 4.79 Å². The molecule has 2 rings (SSSR count). The summed E-state index contributed by atoms with van der Waals surface area (Å²) in [6.07, 6.45) is 1.07. The highest BCUT2D eigenvalue weighted by Gasteiger charge is 2.36. The van der Waals surface area contributed by atoms with Gasteiger partial charge in [0.15, 0.2) is 0 Å². The summed E-state index contributed by atoms with van der Waals surface area (Å²) in [7, 11) is 2.14. The maximum atomic E-state index is 12.9. The number of amides is 1. The average molecular weight is 289 g/mol. The summed E-state index contributed by atoms with van der Waals surface area (Å²) >= 11 is 0. The maximum absolute atomic E-state index is 12.9. The molecule has 4 nitrogen and oxygen atoms in total. The highest BCUT2D eigenvalue weighted by molar-refractivity contribution is 5.87. The van der Waals surface area contributed by atoms with Gasteiger partial charge in [0.2, 0.25) is 5.91 Å². The van der Waals surface area contributed by atoms with Gasteiger partial charge in [0.1, 0.15) is 0 Å². The average Bonchev–Trinajstić information content (AvgIpc) is 2.47. The van der Waals surface area contributed by atoms with Crippen LogP contribution in [0.15, 0.2) is 24.3 Å². The van der Waals surface area contributed by atoms with E-state index < -0.39 is 5.41 Å². The van der Waals surface area contributed by atoms with Crippen molar-refractivity contribution in [1.29, 1.82) is 0 Å². The Bertz CT molecular complexity index is 495. The molecule has 1 aliphatic heterocycles. The Kier molecular flexibility index (Phi) is 4.57. The van der Waals surface area contributed by atoms with Crippen molar-refractivity contribution in [3.05, 3.63) is 29.8 Å². The summed E-state index contributed by atoms with van der Waals surface area (Å²) in [5.74, 6) is 0.207. The number of hydrogen-bond acceptors (Lipinski definition) is 3. The first kappa shape index (κ1) is 15.8. The van der Waals surface area contributed by atoms with E-state index in [2.05, 4.69) is 18.9 Å². The van der Waals surface area contributed by atoms with Gasteiger partial charge in [0.05, 0.1) is 5.41 Å². The molecule has 1 aliphatic rings. The minimum absolute atomic E-state index is 0.207. The third-order valence-electron chi connectivity index (χ3n) is 4.70. The number of nitrogens with two attached hydrogens (primary N) is 1. The van der Waals surface area contributed by atoms with Crippen LogP contribution in [0.4, 0.5) is 5.69 Å². The molecule has 2 N–H and O–H groups in total. The normalized spacial score (nSPS) is 20.6. The molecule has 1 saturated heterocycles. The monoisotopic (exact) mass is 289 g/mol. The van der Waals surface area contributed by atoms with E-state index in [-0.39, 0.29) is 5.91 Å². The summed E-state index contributed by atoms with van der Waals surface area (Å²) in [5.41, 5.74) is 6.98. The van der Waals surface area contributed by atoms with Crippen molar-refractivity contribution in [1.82, 2.24) is 9.80 Å². The van der Waals surface area contributed by atoms with E-state index in [4.69, 9.17) is 5.73 Å². The molecular formula is C17H27N3O. The molecule has 1 heterocycles. The first-order valence-corrected chi connectivity index (χ1v) is 7.72. The molecule has 1 unspecified atom stereocenters. The van der Waals surface area contributed by atoms with Gasteiger partial charge < -0.3 is 10.6 Å². The van der Waals surface area contributed by atoms with Crippen LogP contribution in [0.2, 0.25) is 0 Å². The number of piperazine rings is 1. The Hall–Kier alpha value is -1.55. The molecule has 1 amide bonds. The minimum atomic E-state index is -0.512. The van der Waals surface area contributed by atoms with E-state index in [0.29, 0.717) is 6.04 Å². The first-order chi connectivity index (χ1) is 9.86. The molecule has 0 aromatic heterocycles. The summed E-state index contributed by atoms with van der Waals surface area (Å²) < 4.78 is 0. The predicted octanol–water partition coefficient (Wildman–Crippen LogP) is 2.10. The molecule has 1 fully saturated rings. The number of hydrogen-bond donors (Lipinski definition) is 1. The predicted molar refractivity (Wildman–Crippen MR) is 87.2 cm³/mol. The van der Waals surface area contributed by atoms with Crippen LogP contribution in [-0.4, -0.2) is 48.4 Å². The zero-order valence-electron chi connectivity index (χ0n) is 13.6. The first-order valence-electron chi connectivity index (χ1n) is 7.72. The molecular weight excluding hydrogens is 262 g/mol. The smallest absolute Gasteiger partial charge is 0.232 e. The number of carbonyl (C=O) groups is 1. The molecule has 21 heavy (non-hydrogen) atoms. The standard InChI is InChI=1S/C17H27N3O/c1-5-15-12-20(11-10-19(15)4)16(21)17(2,3)13-6-8-14(18)9-7-13/h6-9,15H,5,10-12,18H2,1-4H3. The lowest BCUT2D eigenvalue weighted by molar-refractivity contribution is -0.139. The molecule has 1 atom stereocenters. The second kappa shape index (κ2) is 6.06. The zero-order chi connectivity index (χ0) is 15.6. The number of likely N-dealkylation sites (N-methyl/N-ethyl adjacent to an activating group) is 1. The Morgan fingerprint density at radius 3 is 2.48 bits per heavy atom. The van der Waals surface area contributed by atoms with Crippen LogP contribution in [0.5, 0.6) is 0 Å². The summed E-state index contributed by atoms with van der Waals surface area (Å²) in [6, 6.07) is 8.11. The summed E-state index contributed by atoms with van der Waals surface area (Å²) in [6.45, 7) is 8.76. The zero-order valence-corrected chi connectivity index (χ0v) is 13.6. The molecule has 116 valence electrons. The molecule has 0 bridgehead atoms. The lowest BCUT2D eigenvalue weighted by atomic mass is 9.82. The molecule has 1 aromatic rings. The van der Waals surface area contributed by atoms with Crippen molar-refractivity contribution in [2.24, 2.45) is 0 Å². The van der Waals surface area contributed by atoms with Crippen molar-refractivity contribution in [2.75, 3.05) is 32.4 Å².